The predicted molar refractivity (Wildman–Crippen MR) is 235 cm³/mol. The van der Waals surface area contributed by atoms with E-state index in [9.17, 15) is 0 Å². The van der Waals surface area contributed by atoms with Crippen molar-refractivity contribution >= 4 is 43.6 Å². The van der Waals surface area contributed by atoms with Crippen molar-refractivity contribution in [3.05, 3.63) is 218 Å². The molecular weight excluding hydrogens is 677 g/mol. The summed E-state index contributed by atoms with van der Waals surface area (Å²) in [5.74, 6) is 0. The summed E-state index contributed by atoms with van der Waals surface area (Å²) in [5, 5.41) is 4.95. The van der Waals surface area contributed by atoms with E-state index in [2.05, 4.69) is 215 Å². The number of benzene rings is 8. The lowest BCUT2D eigenvalue weighted by Crippen LogP contribution is -1.96. The molecule has 0 spiro atoms. The summed E-state index contributed by atoms with van der Waals surface area (Å²) in [6, 6.07) is 80.7. The molecule has 0 saturated carbocycles. The first-order valence-electron chi connectivity index (χ1n) is 19.1. The highest BCUT2D eigenvalue weighted by molar-refractivity contribution is 6.12. The molecule has 260 valence electrons. The van der Waals surface area contributed by atoms with Crippen LogP contribution in [0.5, 0.6) is 0 Å². The van der Waals surface area contributed by atoms with Crippen molar-refractivity contribution in [3.63, 3.8) is 0 Å². The van der Waals surface area contributed by atoms with E-state index in [1.165, 1.54) is 77.0 Å². The van der Waals surface area contributed by atoms with Gasteiger partial charge in [0.2, 0.25) is 0 Å². The molecule has 0 fully saturated rings. The van der Waals surface area contributed by atoms with Gasteiger partial charge in [0.05, 0.1) is 22.1 Å². The van der Waals surface area contributed by atoms with E-state index in [1.807, 2.05) is 12.1 Å². The summed E-state index contributed by atoms with van der Waals surface area (Å²) in [7, 11) is 0. The van der Waals surface area contributed by atoms with Crippen molar-refractivity contribution in [2.75, 3.05) is 0 Å². The lowest BCUT2D eigenvalue weighted by Gasteiger charge is -2.14. The molecule has 0 radical (unpaired) electrons. The lowest BCUT2D eigenvalue weighted by atomic mass is 9.98. The Kier molecular flexibility index (Phi) is 7.44. The zero-order chi connectivity index (χ0) is 37.0. The van der Waals surface area contributed by atoms with E-state index in [4.69, 9.17) is 0 Å². The number of nitrogens with zero attached hydrogens (tertiary/aromatic N) is 2. The van der Waals surface area contributed by atoms with Crippen LogP contribution in [0, 0.1) is 12.1 Å². The fourth-order valence-corrected chi connectivity index (χ4v) is 8.53. The molecule has 2 nitrogen and oxygen atoms in total. The minimum absolute atomic E-state index is 1.12. The van der Waals surface area contributed by atoms with Crippen LogP contribution in [0.4, 0.5) is 0 Å². The highest BCUT2D eigenvalue weighted by Gasteiger charge is 2.17. The van der Waals surface area contributed by atoms with Gasteiger partial charge >= 0.3 is 0 Å². The molecule has 0 amide bonds. The minimum Gasteiger partial charge on any atom is -0.309 e. The molecule has 0 unspecified atom stereocenters. The average Bonchev–Trinajstić information content (AvgIpc) is 3.79. The van der Waals surface area contributed by atoms with E-state index >= 15 is 0 Å². The second kappa shape index (κ2) is 13.1. The van der Waals surface area contributed by atoms with E-state index in [0.717, 1.165) is 22.5 Å². The Hall–Kier alpha value is -7.60. The van der Waals surface area contributed by atoms with Gasteiger partial charge in [-0.2, -0.15) is 0 Å². The Labute approximate surface area is 325 Å². The molecule has 11 rings (SSSR count). The zero-order valence-corrected chi connectivity index (χ0v) is 30.5. The van der Waals surface area contributed by atoms with Crippen LogP contribution >= 0.6 is 0 Å². The van der Waals surface area contributed by atoms with Gasteiger partial charge in [0.1, 0.15) is 0 Å². The van der Waals surface area contributed by atoms with Crippen molar-refractivity contribution in [2.24, 2.45) is 0 Å². The summed E-state index contributed by atoms with van der Waals surface area (Å²) in [5.41, 5.74) is 16.5. The largest absolute Gasteiger partial charge is 0.309 e. The van der Waals surface area contributed by atoms with Crippen molar-refractivity contribution in [1.82, 2.24) is 9.13 Å². The van der Waals surface area contributed by atoms with Crippen molar-refractivity contribution in [1.29, 1.82) is 0 Å². The predicted octanol–water partition coefficient (Wildman–Crippen LogP) is 14.1. The van der Waals surface area contributed by atoms with Gasteiger partial charge in [-0.15, -0.1) is 0 Å². The fourth-order valence-electron chi connectivity index (χ4n) is 8.53. The van der Waals surface area contributed by atoms with Crippen molar-refractivity contribution in [2.45, 2.75) is 0 Å². The van der Waals surface area contributed by atoms with Gasteiger partial charge in [-0.3, -0.25) is 0 Å². The maximum Gasteiger partial charge on any atom is 0.0541 e. The Bertz CT molecular complexity index is 3150. The second-order valence-electron chi connectivity index (χ2n) is 14.4. The van der Waals surface area contributed by atoms with Crippen LogP contribution in [-0.2, 0) is 0 Å². The molecule has 0 aliphatic heterocycles. The summed E-state index contributed by atoms with van der Waals surface area (Å²) in [6.45, 7) is 0. The first-order valence-corrected chi connectivity index (χ1v) is 19.1. The van der Waals surface area contributed by atoms with Crippen LogP contribution in [0.2, 0.25) is 0 Å². The van der Waals surface area contributed by atoms with E-state index in [0.29, 0.717) is 0 Å². The van der Waals surface area contributed by atoms with E-state index in [-0.39, 0.29) is 0 Å². The Morgan fingerprint density at radius 2 is 0.732 bits per heavy atom. The summed E-state index contributed by atoms with van der Waals surface area (Å²) in [6.07, 6.45) is 0. The third kappa shape index (κ3) is 5.29. The highest BCUT2D eigenvalue weighted by atomic mass is 15.0. The van der Waals surface area contributed by atoms with E-state index in [1.54, 1.807) is 0 Å². The number of fused-ring (bicyclic) bond motifs is 6. The molecule has 11 aromatic rings. The van der Waals surface area contributed by atoms with Crippen LogP contribution in [0.15, 0.2) is 206 Å². The molecule has 2 heteroatoms. The first-order chi connectivity index (χ1) is 27.8. The number of hydrogen-bond donors (Lipinski definition) is 0. The highest BCUT2D eigenvalue weighted by Crippen LogP contribution is 2.40. The Morgan fingerprint density at radius 3 is 1.30 bits per heavy atom. The third-order valence-electron chi connectivity index (χ3n) is 11.2. The van der Waals surface area contributed by atoms with Crippen LogP contribution in [0.25, 0.3) is 99.5 Å². The Morgan fingerprint density at radius 1 is 0.268 bits per heavy atom. The summed E-state index contributed by atoms with van der Waals surface area (Å²) in [4.78, 5) is 0. The van der Waals surface area contributed by atoms with Gasteiger partial charge in [0.25, 0.3) is 0 Å². The van der Waals surface area contributed by atoms with Gasteiger partial charge in [-0.05, 0) is 129 Å². The SMILES string of the molecule is c1ccc(-c2cc(-c3ccccc3)cc(-n3c4ccccc4c4cc(-c5ccc6c(c5)c5ccccc5n6-c5ccc(-c6ccccc6)cc5)ccc43)c2)cc#1. The molecule has 0 atom stereocenters. The molecule has 0 saturated heterocycles. The van der Waals surface area contributed by atoms with Gasteiger partial charge in [-0.1, -0.05) is 133 Å². The molecule has 56 heavy (non-hydrogen) atoms. The second-order valence-corrected chi connectivity index (χ2v) is 14.4. The molecule has 0 bridgehead atoms. The van der Waals surface area contributed by atoms with Crippen LogP contribution < -0.4 is 0 Å². The molecule has 0 aliphatic rings. The van der Waals surface area contributed by atoms with Crippen LogP contribution in [-0.4, -0.2) is 9.13 Å². The number of aromatic nitrogens is 2. The van der Waals surface area contributed by atoms with Crippen LogP contribution in [0.1, 0.15) is 0 Å². The van der Waals surface area contributed by atoms with Gasteiger partial charge in [0.15, 0.2) is 0 Å². The summed E-state index contributed by atoms with van der Waals surface area (Å²) < 4.78 is 4.81. The fraction of sp³-hybridized carbons (Fsp3) is 0. The number of hydrogen-bond acceptors (Lipinski definition) is 0. The van der Waals surface area contributed by atoms with Gasteiger partial charge in [-0.25, -0.2) is 0 Å². The molecule has 2 heterocycles. The normalized spacial score (nSPS) is 11.4. The van der Waals surface area contributed by atoms with Crippen LogP contribution in [0.3, 0.4) is 0 Å². The minimum atomic E-state index is 1.12. The zero-order valence-electron chi connectivity index (χ0n) is 30.5. The van der Waals surface area contributed by atoms with Crippen molar-refractivity contribution in [3.8, 4) is 55.9 Å². The van der Waals surface area contributed by atoms with Gasteiger partial charge < -0.3 is 9.13 Å². The van der Waals surface area contributed by atoms with Gasteiger partial charge in [0, 0.05) is 32.9 Å². The molecular formula is C54H34N2. The third-order valence-corrected chi connectivity index (χ3v) is 11.2. The first kappa shape index (κ1) is 31.9. The number of para-hydroxylation sites is 2. The topological polar surface area (TPSA) is 9.86 Å². The molecule has 9 aromatic carbocycles. The molecule has 2 aromatic heterocycles. The molecule has 0 aliphatic carbocycles. The van der Waals surface area contributed by atoms with Crippen molar-refractivity contribution < 1.29 is 0 Å². The average molecular weight is 711 g/mol. The van der Waals surface area contributed by atoms with E-state index < -0.39 is 0 Å². The number of rotatable bonds is 6. The smallest absolute Gasteiger partial charge is 0.0541 e. The lowest BCUT2D eigenvalue weighted by molar-refractivity contribution is 1.18. The molecule has 0 N–H and O–H groups in total. The summed E-state index contributed by atoms with van der Waals surface area (Å²) >= 11 is 0. The standard InChI is InChI=1S/C54H34N2/c1-4-14-37(15-5-1)40-24-28-45(29-25-40)55-51-22-12-10-20-47(51)49-35-41(26-30-53(49)55)42-27-31-54-50(36-42)48-21-11-13-23-52(48)56(54)46-33-43(38-16-6-2-7-17-38)32-44(34-46)39-18-8-3-9-19-39/h1-2,4-8,10-36H. The maximum atomic E-state index is 3.16. The quantitative estimate of drug-likeness (QED) is 0.163. The monoisotopic (exact) mass is 710 g/mol. The maximum absolute atomic E-state index is 3.16. The Balaban J connectivity index is 1.06.